The van der Waals surface area contributed by atoms with Gasteiger partial charge in [0, 0.05) is 0 Å². The molecule has 3 saturated carbocycles. The van der Waals surface area contributed by atoms with Gasteiger partial charge in [0.05, 0.1) is 0 Å². The Kier molecular flexibility index (Phi) is 5.07. The number of rotatable bonds is 1. The second-order valence-corrected chi connectivity index (χ2v) is 9.49. The van der Waals surface area contributed by atoms with Crippen LogP contribution in [0.25, 0.3) is 0 Å². The highest BCUT2D eigenvalue weighted by Crippen LogP contribution is 2.66. The Balaban J connectivity index is 0.000000815. The average molecular weight is 329 g/mol. The van der Waals surface area contributed by atoms with Crippen molar-refractivity contribution in [3.63, 3.8) is 0 Å². The summed E-state index contributed by atoms with van der Waals surface area (Å²) in [5.41, 5.74) is 4.42. The van der Waals surface area contributed by atoms with E-state index in [9.17, 15) is 0 Å². The SMILES string of the molecule is C=C(C)C1CCC2C3CC=C4CCCCC4(C)C3CCC12C.CC. The molecule has 3 fully saturated rings. The highest BCUT2D eigenvalue weighted by atomic mass is 14.6. The highest BCUT2D eigenvalue weighted by molar-refractivity contribution is 5.25. The Hall–Kier alpha value is -0.520. The van der Waals surface area contributed by atoms with Gasteiger partial charge in [-0.1, -0.05) is 57.9 Å². The predicted octanol–water partition coefficient (Wildman–Crippen LogP) is 7.56. The minimum Gasteiger partial charge on any atom is -0.0998 e. The van der Waals surface area contributed by atoms with Gasteiger partial charge in [0.2, 0.25) is 0 Å². The van der Waals surface area contributed by atoms with Gasteiger partial charge in [-0.05, 0) is 92.8 Å². The average Bonchev–Trinajstić information content (AvgIpc) is 2.93. The molecule has 0 heterocycles. The van der Waals surface area contributed by atoms with Gasteiger partial charge < -0.3 is 0 Å². The van der Waals surface area contributed by atoms with Crippen LogP contribution in [0.1, 0.15) is 92.4 Å². The van der Waals surface area contributed by atoms with E-state index in [2.05, 4.69) is 33.4 Å². The van der Waals surface area contributed by atoms with E-state index in [1.165, 1.54) is 63.4 Å². The molecule has 136 valence electrons. The summed E-state index contributed by atoms with van der Waals surface area (Å²) in [5.74, 6) is 3.71. The molecule has 0 heteroatoms. The number of allylic oxidation sites excluding steroid dienone is 3. The van der Waals surface area contributed by atoms with E-state index in [0.717, 1.165) is 23.7 Å². The first kappa shape index (κ1) is 18.3. The van der Waals surface area contributed by atoms with Crippen LogP contribution in [0.3, 0.4) is 0 Å². The minimum absolute atomic E-state index is 0.559. The maximum Gasteiger partial charge on any atom is -0.00853 e. The van der Waals surface area contributed by atoms with E-state index < -0.39 is 0 Å². The highest BCUT2D eigenvalue weighted by Gasteiger charge is 2.58. The molecule has 24 heavy (non-hydrogen) atoms. The van der Waals surface area contributed by atoms with Gasteiger partial charge in [0.25, 0.3) is 0 Å². The van der Waals surface area contributed by atoms with E-state index in [1.807, 2.05) is 19.4 Å². The van der Waals surface area contributed by atoms with E-state index in [1.54, 1.807) is 0 Å². The Labute approximate surface area is 151 Å². The largest absolute Gasteiger partial charge is 0.0998 e. The van der Waals surface area contributed by atoms with Gasteiger partial charge >= 0.3 is 0 Å². The third-order valence-corrected chi connectivity index (χ3v) is 8.61. The van der Waals surface area contributed by atoms with E-state index in [4.69, 9.17) is 0 Å². The topological polar surface area (TPSA) is 0 Å². The fraction of sp³-hybridized carbons (Fsp3) is 0.833. The van der Waals surface area contributed by atoms with Crippen LogP contribution in [0.4, 0.5) is 0 Å². The first-order valence-corrected chi connectivity index (χ1v) is 10.8. The van der Waals surface area contributed by atoms with E-state index in [0.29, 0.717) is 10.8 Å². The summed E-state index contributed by atoms with van der Waals surface area (Å²) in [5, 5.41) is 0. The van der Waals surface area contributed by atoms with Crippen molar-refractivity contribution < 1.29 is 0 Å². The second kappa shape index (κ2) is 6.65. The molecule has 4 rings (SSSR count). The van der Waals surface area contributed by atoms with Gasteiger partial charge in [-0.15, -0.1) is 0 Å². The smallest absolute Gasteiger partial charge is 0.00853 e. The quantitative estimate of drug-likeness (QED) is 0.436. The molecule has 6 atom stereocenters. The van der Waals surface area contributed by atoms with E-state index >= 15 is 0 Å². The Morgan fingerprint density at radius 1 is 1.04 bits per heavy atom. The molecule has 6 unspecified atom stereocenters. The van der Waals surface area contributed by atoms with Crippen LogP contribution in [0.2, 0.25) is 0 Å². The fourth-order valence-corrected chi connectivity index (χ4v) is 7.51. The molecule has 0 N–H and O–H groups in total. The number of fused-ring (bicyclic) bond motifs is 5. The van der Waals surface area contributed by atoms with Gasteiger partial charge in [-0.2, -0.15) is 0 Å². The summed E-state index contributed by atoms with van der Waals surface area (Å²) < 4.78 is 0. The molecule has 4 aliphatic rings. The summed E-state index contributed by atoms with van der Waals surface area (Å²) in [4.78, 5) is 0. The molecule has 0 amide bonds. The van der Waals surface area contributed by atoms with E-state index in [-0.39, 0.29) is 0 Å². The summed E-state index contributed by atoms with van der Waals surface area (Å²) in [6.07, 6.45) is 15.7. The molecule has 0 nitrogen and oxygen atoms in total. The zero-order valence-electron chi connectivity index (χ0n) is 17.0. The van der Waals surface area contributed by atoms with Crippen molar-refractivity contribution in [2.75, 3.05) is 0 Å². The first-order valence-electron chi connectivity index (χ1n) is 10.8. The van der Waals surface area contributed by atoms with Crippen LogP contribution >= 0.6 is 0 Å². The molecule has 0 aromatic carbocycles. The van der Waals surface area contributed by atoms with Gasteiger partial charge in [0.15, 0.2) is 0 Å². The van der Waals surface area contributed by atoms with Crippen molar-refractivity contribution in [1.29, 1.82) is 0 Å². The van der Waals surface area contributed by atoms with Crippen molar-refractivity contribution in [3.05, 3.63) is 23.8 Å². The summed E-state index contributed by atoms with van der Waals surface area (Å²) in [6.45, 7) is 15.9. The van der Waals surface area contributed by atoms with Gasteiger partial charge in [0.1, 0.15) is 0 Å². The molecule has 0 aromatic rings. The van der Waals surface area contributed by atoms with Crippen LogP contribution in [-0.2, 0) is 0 Å². The van der Waals surface area contributed by atoms with Gasteiger partial charge in [-0.3, -0.25) is 0 Å². The molecule has 0 radical (unpaired) electrons. The zero-order chi connectivity index (χ0) is 17.5. The molecular formula is C24H40. The summed E-state index contributed by atoms with van der Waals surface area (Å²) in [6, 6.07) is 0. The summed E-state index contributed by atoms with van der Waals surface area (Å²) in [7, 11) is 0. The molecule has 0 aromatic heterocycles. The number of hydrogen-bond donors (Lipinski definition) is 0. The van der Waals surface area contributed by atoms with Gasteiger partial charge in [-0.25, -0.2) is 0 Å². The monoisotopic (exact) mass is 328 g/mol. The standard InChI is InChI=1S/C22H34.C2H6/c1-15(2)18-10-11-19-17-9-8-16-7-5-6-13-21(16,3)20(17)12-14-22(18,19)4;1-2/h8,17-20H,1,5-7,9-14H2,2-4H3;1-2H3. The maximum atomic E-state index is 4.34. The van der Waals surface area contributed by atoms with Crippen LogP contribution in [-0.4, -0.2) is 0 Å². The Morgan fingerprint density at radius 2 is 1.79 bits per heavy atom. The predicted molar refractivity (Wildman–Crippen MR) is 106 cm³/mol. The number of hydrogen-bond acceptors (Lipinski definition) is 0. The van der Waals surface area contributed by atoms with Crippen LogP contribution in [0.15, 0.2) is 23.8 Å². The van der Waals surface area contributed by atoms with Crippen molar-refractivity contribution in [2.45, 2.75) is 92.4 Å². The van der Waals surface area contributed by atoms with Crippen LogP contribution in [0, 0.1) is 34.5 Å². The lowest BCUT2D eigenvalue weighted by atomic mass is 9.47. The third-order valence-electron chi connectivity index (χ3n) is 8.61. The lowest BCUT2D eigenvalue weighted by molar-refractivity contribution is -0.0359. The molecular weight excluding hydrogens is 288 g/mol. The molecule has 0 aliphatic heterocycles. The third kappa shape index (κ3) is 2.55. The van der Waals surface area contributed by atoms with Crippen molar-refractivity contribution in [1.82, 2.24) is 0 Å². The molecule has 0 saturated heterocycles. The van der Waals surface area contributed by atoms with Crippen molar-refractivity contribution in [3.8, 4) is 0 Å². The van der Waals surface area contributed by atoms with Crippen LogP contribution < -0.4 is 0 Å². The second-order valence-electron chi connectivity index (χ2n) is 9.49. The first-order chi connectivity index (χ1) is 11.5. The fourth-order valence-electron chi connectivity index (χ4n) is 7.51. The minimum atomic E-state index is 0.559. The molecule has 0 spiro atoms. The normalized spacial score (nSPS) is 46.6. The molecule has 4 aliphatic carbocycles. The maximum absolute atomic E-state index is 4.34. The summed E-state index contributed by atoms with van der Waals surface area (Å²) >= 11 is 0. The Bertz CT molecular complexity index is 512. The van der Waals surface area contributed by atoms with Crippen LogP contribution in [0.5, 0.6) is 0 Å². The van der Waals surface area contributed by atoms with Crippen molar-refractivity contribution >= 4 is 0 Å². The van der Waals surface area contributed by atoms with Crippen molar-refractivity contribution in [2.24, 2.45) is 34.5 Å². The lowest BCUT2D eigenvalue weighted by Gasteiger charge is -2.57. The zero-order valence-corrected chi connectivity index (χ0v) is 17.0. The molecule has 0 bridgehead atoms. The Morgan fingerprint density at radius 3 is 2.50 bits per heavy atom. The lowest BCUT2D eigenvalue weighted by Crippen LogP contribution is -2.49.